The Balaban J connectivity index is 2.20. The molecule has 0 unspecified atom stereocenters. The summed E-state index contributed by atoms with van der Waals surface area (Å²) in [5.41, 5.74) is -0.0588. The van der Waals surface area contributed by atoms with Crippen LogP contribution in [0.25, 0.3) is 11.3 Å². The van der Waals surface area contributed by atoms with Crippen molar-refractivity contribution < 1.29 is 21.9 Å². The normalized spacial score (nSPS) is 11.6. The quantitative estimate of drug-likeness (QED) is 0.618. The minimum Gasteiger partial charge on any atom is -0.421 e. The Morgan fingerprint density at radius 1 is 1.13 bits per heavy atom. The van der Waals surface area contributed by atoms with Crippen LogP contribution in [0.3, 0.4) is 0 Å². The highest BCUT2D eigenvalue weighted by Crippen LogP contribution is 2.31. The molecular weight excluding hydrogens is 430 g/mol. The molecular formula is C20H20F2N4O4S. The summed E-state index contributed by atoms with van der Waals surface area (Å²) in [5, 5.41) is -0.874. The van der Waals surface area contributed by atoms with Crippen LogP contribution in [0.5, 0.6) is 11.8 Å². The molecule has 0 saturated carbocycles. The van der Waals surface area contributed by atoms with Crippen molar-refractivity contribution in [2.24, 2.45) is 7.05 Å². The number of pyridine rings is 1. The molecule has 0 amide bonds. The largest absolute Gasteiger partial charge is 0.421 e. The van der Waals surface area contributed by atoms with Gasteiger partial charge in [-0.3, -0.25) is 9.52 Å². The second-order valence-electron chi connectivity index (χ2n) is 7.07. The Hall–Kier alpha value is -3.34. The predicted molar refractivity (Wildman–Crippen MR) is 112 cm³/mol. The fourth-order valence-corrected chi connectivity index (χ4v) is 3.20. The van der Waals surface area contributed by atoms with E-state index in [0.29, 0.717) is 5.56 Å². The van der Waals surface area contributed by atoms with E-state index in [0.717, 1.165) is 0 Å². The summed E-state index contributed by atoms with van der Waals surface area (Å²) >= 11 is 0. The zero-order valence-corrected chi connectivity index (χ0v) is 18.0. The highest BCUT2D eigenvalue weighted by molar-refractivity contribution is 7.93. The van der Waals surface area contributed by atoms with Crippen molar-refractivity contribution in [2.75, 3.05) is 4.72 Å². The summed E-state index contributed by atoms with van der Waals surface area (Å²) in [7, 11) is -2.49. The molecule has 3 rings (SSSR count). The second kappa shape index (κ2) is 8.42. The molecule has 0 saturated heterocycles. The molecule has 0 aliphatic heterocycles. The van der Waals surface area contributed by atoms with E-state index in [1.54, 1.807) is 13.0 Å². The first-order chi connectivity index (χ1) is 14.5. The summed E-state index contributed by atoms with van der Waals surface area (Å²) in [6, 6.07) is 6.31. The van der Waals surface area contributed by atoms with E-state index in [9.17, 15) is 17.6 Å². The lowest BCUT2D eigenvalue weighted by atomic mass is 10.2. The number of anilines is 1. The van der Waals surface area contributed by atoms with Crippen molar-refractivity contribution in [3.63, 3.8) is 0 Å². The van der Waals surface area contributed by atoms with Gasteiger partial charge >= 0.3 is 6.01 Å². The van der Waals surface area contributed by atoms with Crippen LogP contribution in [0.4, 0.5) is 14.6 Å². The van der Waals surface area contributed by atoms with Crippen LogP contribution >= 0.6 is 0 Å². The minimum atomic E-state index is -3.96. The molecule has 1 aromatic carbocycles. The summed E-state index contributed by atoms with van der Waals surface area (Å²) in [4.78, 5) is 19.5. The number of ether oxygens (including phenoxy) is 1. The predicted octanol–water partition coefficient (Wildman–Crippen LogP) is 3.37. The molecule has 11 heteroatoms. The van der Waals surface area contributed by atoms with Crippen molar-refractivity contribution >= 4 is 15.8 Å². The minimum absolute atomic E-state index is 0.169. The number of hydrogen-bond acceptors (Lipinski definition) is 6. The first-order valence-corrected chi connectivity index (χ1v) is 10.7. The molecule has 0 spiro atoms. The Labute approximate surface area is 177 Å². The van der Waals surface area contributed by atoms with Gasteiger partial charge < -0.3 is 9.30 Å². The third kappa shape index (κ3) is 4.71. The van der Waals surface area contributed by atoms with Crippen LogP contribution < -0.4 is 15.0 Å². The van der Waals surface area contributed by atoms with E-state index in [-0.39, 0.29) is 22.6 Å². The van der Waals surface area contributed by atoms with Crippen LogP contribution in [0.1, 0.15) is 19.4 Å². The number of benzene rings is 1. The summed E-state index contributed by atoms with van der Waals surface area (Å²) in [6.07, 6.45) is 1.33. The lowest BCUT2D eigenvalue weighted by Crippen LogP contribution is -2.24. The lowest BCUT2D eigenvalue weighted by Gasteiger charge is -2.15. The first-order valence-electron chi connectivity index (χ1n) is 9.19. The average Bonchev–Trinajstić information content (AvgIpc) is 2.69. The van der Waals surface area contributed by atoms with Crippen molar-refractivity contribution in [3.8, 4) is 23.0 Å². The van der Waals surface area contributed by atoms with Gasteiger partial charge in [0.1, 0.15) is 5.69 Å². The van der Waals surface area contributed by atoms with Gasteiger partial charge in [0.25, 0.3) is 0 Å². The molecule has 1 N–H and O–H groups in total. The first kappa shape index (κ1) is 22.3. The van der Waals surface area contributed by atoms with Gasteiger partial charge in [-0.25, -0.2) is 17.2 Å². The zero-order valence-electron chi connectivity index (χ0n) is 17.2. The smallest absolute Gasteiger partial charge is 0.324 e. The molecule has 2 aromatic heterocycles. The van der Waals surface area contributed by atoms with Crippen molar-refractivity contribution in [2.45, 2.75) is 26.0 Å². The number of aryl methyl sites for hydroxylation is 2. The molecule has 0 fully saturated rings. The SMILES string of the molecule is Cc1cccc(F)c1Oc1nc(NS(=O)(=O)C(C)C)c(F)c(-c2ccc(=O)n(C)c2)n1. The molecule has 8 nitrogen and oxygen atoms in total. The Kier molecular flexibility index (Phi) is 6.07. The molecule has 3 aromatic rings. The Bertz CT molecular complexity index is 1290. The van der Waals surface area contributed by atoms with E-state index < -0.39 is 38.7 Å². The maximum atomic E-state index is 15.2. The van der Waals surface area contributed by atoms with Crippen molar-refractivity contribution in [1.82, 2.24) is 14.5 Å². The van der Waals surface area contributed by atoms with Gasteiger partial charge in [-0.1, -0.05) is 12.1 Å². The van der Waals surface area contributed by atoms with Crippen LogP contribution in [0.15, 0.2) is 41.3 Å². The van der Waals surface area contributed by atoms with Crippen molar-refractivity contribution in [1.29, 1.82) is 0 Å². The highest BCUT2D eigenvalue weighted by Gasteiger charge is 2.24. The fraction of sp³-hybridized carbons (Fsp3) is 0.250. The third-order valence-corrected chi connectivity index (χ3v) is 6.13. The average molecular weight is 450 g/mol. The molecule has 0 aliphatic rings. The van der Waals surface area contributed by atoms with Gasteiger partial charge in [-0.15, -0.1) is 0 Å². The van der Waals surface area contributed by atoms with Gasteiger partial charge in [-0.2, -0.15) is 9.97 Å². The number of halogens is 2. The van der Waals surface area contributed by atoms with Gasteiger partial charge in [0.15, 0.2) is 23.2 Å². The summed E-state index contributed by atoms with van der Waals surface area (Å²) < 4.78 is 62.7. The zero-order chi connectivity index (χ0) is 22.9. The molecule has 31 heavy (non-hydrogen) atoms. The third-order valence-electron chi connectivity index (χ3n) is 4.41. The number of nitrogens with one attached hydrogen (secondary N) is 1. The van der Waals surface area contributed by atoms with Gasteiger partial charge in [-0.05, 0) is 38.5 Å². The van der Waals surface area contributed by atoms with E-state index in [4.69, 9.17) is 4.74 Å². The van der Waals surface area contributed by atoms with Crippen LogP contribution in [0.2, 0.25) is 0 Å². The molecule has 2 heterocycles. The summed E-state index contributed by atoms with van der Waals surface area (Å²) in [6.45, 7) is 4.42. The Morgan fingerprint density at radius 2 is 1.84 bits per heavy atom. The fourth-order valence-electron chi connectivity index (χ4n) is 2.55. The maximum Gasteiger partial charge on any atom is 0.324 e. The highest BCUT2D eigenvalue weighted by atomic mass is 32.2. The second-order valence-corrected chi connectivity index (χ2v) is 9.30. The number of hydrogen-bond donors (Lipinski definition) is 1. The number of aromatic nitrogens is 3. The summed E-state index contributed by atoms with van der Waals surface area (Å²) in [5.74, 6) is -2.60. The number of para-hydroxylation sites is 1. The number of rotatable bonds is 6. The molecule has 0 atom stereocenters. The monoisotopic (exact) mass is 450 g/mol. The van der Waals surface area contributed by atoms with Gasteiger partial charge in [0, 0.05) is 24.9 Å². The van der Waals surface area contributed by atoms with Crippen LogP contribution in [-0.2, 0) is 17.1 Å². The number of sulfonamides is 1. The molecule has 0 radical (unpaired) electrons. The van der Waals surface area contributed by atoms with E-state index in [2.05, 4.69) is 14.7 Å². The van der Waals surface area contributed by atoms with Crippen LogP contribution in [-0.4, -0.2) is 28.2 Å². The maximum absolute atomic E-state index is 15.2. The van der Waals surface area contributed by atoms with E-state index in [1.165, 1.54) is 55.9 Å². The van der Waals surface area contributed by atoms with Gasteiger partial charge in [0.05, 0.1) is 5.25 Å². The Morgan fingerprint density at radius 3 is 2.45 bits per heavy atom. The standard InChI is InChI=1S/C20H20F2N4O4S/c1-11(2)31(28,29)25-19-16(22)17(13-8-9-15(27)26(4)10-13)23-20(24-19)30-18-12(3)6-5-7-14(18)21/h5-11H,1-4H3,(H,23,24,25). The number of nitrogens with zero attached hydrogens (tertiary/aromatic N) is 3. The van der Waals surface area contributed by atoms with Crippen molar-refractivity contribution in [3.05, 3.63) is 64.1 Å². The van der Waals surface area contributed by atoms with Gasteiger partial charge in [0.2, 0.25) is 15.6 Å². The van der Waals surface area contributed by atoms with E-state index in [1.807, 2.05) is 0 Å². The van der Waals surface area contributed by atoms with Crippen LogP contribution in [0, 0.1) is 18.6 Å². The van der Waals surface area contributed by atoms with E-state index >= 15 is 4.39 Å². The topological polar surface area (TPSA) is 103 Å². The molecule has 164 valence electrons. The lowest BCUT2D eigenvalue weighted by molar-refractivity contribution is 0.406. The molecule has 0 aliphatic carbocycles. The molecule has 0 bridgehead atoms.